The number of nitrogens with zero attached hydrogens (tertiary/aromatic N) is 2. The summed E-state index contributed by atoms with van der Waals surface area (Å²) in [7, 11) is 0. The first-order chi connectivity index (χ1) is 10.0. The molecule has 1 heterocycles. The Bertz CT molecular complexity index is 372. The van der Waals surface area contributed by atoms with Gasteiger partial charge in [-0.05, 0) is 25.3 Å². The van der Waals surface area contributed by atoms with Crippen molar-refractivity contribution in [3.63, 3.8) is 0 Å². The zero-order valence-electron chi connectivity index (χ0n) is 13.6. The first kappa shape index (κ1) is 16.3. The highest BCUT2D eigenvalue weighted by atomic mass is 16.2. The third-order valence-corrected chi connectivity index (χ3v) is 4.84. The summed E-state index contributed by atoms with van der Waals surface area (Å²) >= 11 is 0. The van der Waals surface area contributed by atoms with Crippen molar-refractivity contribution in [2.45, 2.75) is 46.1 Å². The van der Waals surface area contributed by atoms with Crippen LogP contribution in [0.3, 0.4) is 0 Å². The maximum Gasteiger partial charge on any atom is 0.245 e. The maximum atomic E-state index is 12.7. The van der Waals surface area contributed by atoms with E-state index in [-0.39, 0.29) is 29.7 Å². The number of hydrogen-bond acceptors (Lipinski definition) is 3. The van der Waals surface area contributed by atoms with Gasteiger partial charge < -0.3 is 15.1 Å². The molecule has 5 heteroatoms. The molecule has 0 aromatic heterocycles. The fourth-order valence-electron chi connectivity index (χ4n) is 2.94. The topological polar surface area (TPSA) is 52.6 Å². The van der Waals surface area contributed by atoms with Crippen LogP contribution in [-0.4, -0.2) is 60.4 Å². The average Bonchev–Trinajstić information content (AvgIpc) is 2.42. The van der Waals surface area contributed by atoms with E-state index in [4.69, 9.17) is 0 Å². The molecule has 2 fully saturated rings. The van der Waals surface area contributed by atoms with E-state index >= 15 is 0 Å². The normalized spacial score (nSPS) is 22.0. The van der Waals surface area contributed by atoms with Gasteiger partial charge in [0.25, 0.3) is 0 Å². The minimum Gasteiger partial charge on any atom is -0.344 e. The Morgan fingerprint density at radius 2 is 1.76 bits per heavy atom. The molecule has 0 aromatic carbocycles. The molecule has 2 rings (SSSR count). The number of likely N-dealkylation sites (N-methyl/N-ethyl adjacent to an activating group) is 1. The van der Waals surface area contributed by atoms with Crippen LogP contribution in [0.2, 0.25) is 0 Å². The highest BCUT2D eigenvalue weighted by Gasteiger charge is 2.33. The summed E-state index contributed by atoms with van der Waals surface area (Å²) in [6.45, 7) is 10.6. The lowest BCUT2D eigenvalue weighted by atomic mass is 9.84. The monoisotopic (exact) mass is 295 g/mol. The summed E-state index contributed by atoms with van der Waals surface area (Å²) in [5.74, 6) is 0.427. The van der Waals surface area contributed by atoms with E-state index in [0.717, 1.165) is 52.0 Å². The van der Waals surface area contributed by atoms with Gasteiger partial charge in [0.2, 0.25) is 11.8 Å². The fourth-order valence-corrected chi connectivity index (χ4v) is 2.94. The Balaban J connectivity index is 1.91. The van der Waals surface area contributed by atoms with Crippen LogP contribution in [0.15, 0.2) is 0 Å². The SMILES string of the molecule is CCN1CCN(C(=O)C(NC(=O)C2CCC2)C(C)C)CC1. The average molecular weight is 295 g/mol. The Labute approximate surface area is 128 Å². The molecule has 2 amide bonds. The second-order valence-electron chi connectivity index (χ2n) is 6.62. The van der Waals surface area contributed by atoms with Crippen LogP contribution in [0.25, 0.3) is 0 Å². The first-order valence-electron chi connectivity index (χ1n) is 8.34. The van der Waals surface area contributed by atoms with Crippen LogP contribution in [0.4, 0.5) is 0 Å². The minimum absolute atomic E-state index is 0.0699. The minimum atomic E-state index is -0.369. The van der Waals surface area contributed by atoms with Crippen LogP contribution in [0, 0.1) is 11.8 Å². The molecule has 21 heavy (non-hydrogen) atoms. The van der Waals surface area contributed by atoms with E-state index in [1.807, 2.05) is 18.7 Å². The van der Waals surface area contributed by atoms with Gasteiger partial charge in [-0.1, -0.05) is 27.2 Å². The lowest BCUT2D eigenvalue weighted by Gasteiger charge is -2.37. The van der Waals surface area contributed by atoms with Crippen LogP contribution in [0.1, 0.15) is 40.0 Å². The van der Waals surface area contributed by atoms with Gasteiger partial charge in [-0.3, -0.25) is 9.59 Å². The summed E-state index contributed by atoms with van der Waals surface area (Å²) < 4.78 is 0. The van der Waals surface area contributed by atoms with E-state index in [0.29, 0.717) is 0 Å². The van der Waals surface area contributed by atoms with Crippen LogP contribution < -0.4 is 5.32 Å². The summed E-state index contributed by atoms with van der Waals surface area (Å²) in [5, 5.41) is 3.00. The summed E-state index contributed by atoms with van der Waals surface area (Å²) in [4.78, 5) is 29.1. The molecule has 0 radical (unpaired) electrons. The van der Waals surface area contributed by atoms with Crippen LogP contribution in [-0.2, 0) is 9.59 Å². The Hall–Kier alpha value is -1.10. The third-order valence-electron chi connectivity index (χ3n) is 4.84. The van der Waals surface area contributed by atoms with E-state index < -0.39 is 0 Å². The Morgan fingerprint density at radius 1 is 1.14 bits per heavy atom. The van der Waals surface area contributed by atoms with Crippen molar-refractivity contribution in [3.8, 4) is 0 Å². The molecule has 1 aliphatic heterocycles. The molecule has 5 nitrogen and oxygen atoms in total. The van der Waals surface area contributed by atoms with Gasteiger partial charge in [-0.15, -0.1) is 0 Å². The van der Waals surface area contributed by atoms with Crippen LogP contribution >= 0.6 is 0 Å². The molecule has 1 saturated carbocycles. The van der Waals surface area contributed by atoms with E-state index in [1.165, 1.54) is 0 Å². The number of nitrogens with one attached hydrogen (secondary N) is 1. The van der Waals surface area contributed by atoms with E-state index in [1.54, 1.807) is 0 Å². The van der Waals surface area contributed by atoms with Gasteiger partial charge in [0.05, 0.1) is 0 Å². The lowest BCUT2D eigenvalue weighted by Crippen LogP contribution is -2.57. The smallest absolute Gasteiger partial charge is 0.245 e. The van der Waals surface area contributed by atoms with E-state index in [2.05, 4.69) is 17.1 Å². The molecule has 1 saturated heterocycles. The predicted octanol–water partition coefficient (Wildman–Crippen LogP) is 1.09. The highest BCUT2D eigenvalue weighted by molar-refractivity contribution is 5.89. The standard InChI is InChI=1S/C16H29N3O2/c1-4-18-8-10-19(11-9-18)16(21)14(12(2)3)17-15(20)13-6-5-7-13/h12-14H,4-11H2,1-3H3,(H,17,20). The van der Waals surface area contributed by atoms with Crippen LogP contribution in [0.5, 0.6) is 0 Å². The maximum absolute atomic E-state index is 12.7. The molecule has 2 aliphatic rings. The molecule has 120 valence electrons. The zero-order chi connectivity index (χ0) is 15.4. The lowest BCUT2D eigenvalue weighted by molar-refractivity contribution is -0.140. The quantitative estimate of drug-likeness (QED) is 0.826. The van der Waals surface area contributed by atoms with Crippen molar-refractivity contribution in [1.82, 2.24) is 15.1 Å². The zero-order valence-corrected chi connectivity index (χ0v) is 13.6. The van der Waals surface area contributed by atoms with Gasteiger partial charge in [-0.25, -0.2) is 0 Å². The van der Waals surface area contributed by atoms with Crippen molar-refractivity contribution >= 4 is 11.8 Å². The van der Waals surface area contributed by atoms with Gasteiger partial charge in [0, 0.05) is 32.1 Å². The van der Waals surface area contributed by atoms with Gasteiger partial charge in [-0.2, -0.15) is 0 Å². The largest absolute Gasteiger partial charge is 0.344 e. The Kier molecular flexibility index (Phi) is 5.62. The summed E-state index contributed by atoms with van der Waals surface area (Å²) in [5.41, 5.74) is 0. The van der Waals surface area contributed by atoms with Crippen molar-refractivity contribution in [1.29, 1.82) is 0 Å². The molecular weight excluding hydrogens is 266 g/mol. The van der Waals surface area contributed by atoms with Crippen molar-refractivity contribution < 1.29 is 9.59 Å². The third kappa shape index (κ3) is 3.96. The second kappa shape index (κ2) is 7.25. The van der Waals surface area contributed by atoms with E-state index in [9.17, 15) is 9.59 Å². The predicted molar refractivity (Wildman–Crippen MR) is 82.8 cm³/mol. The molecule has 1 N–H and O–H groups in total. The number of carbonyl (C=O) groups excluding carboxylic acids is 2. The summed E-state index contributed by atoms with van der Waals surface area (Å²) in [6.07, 6.45) is 3.08. The number of rotatable bonds is 5. The number of carbonyl (C=O) groups is 2. The number of hydrogen-bond donors (Lipinski definition) is 1. The number of amides is 2. The highest BCUT2D eigenvalue weighted by Crippen LogP contribution is 2.26. The summed E-state index contributed by atoms with van der Waals surface area (Å²) in [6, 6.07) is -0.369. The molecule has 0 bridgehead atoms. The number of piperazine rings is 1. The second-order valence-corrected chi connectivity index (χ2v) is 6.62. The Morgan fingerprint density at radius 3 is 2.19 bits per heavy atom. The molecule has 0 spiro atoms. The first-order valence-corrected chi connectivity index (χ1v) is 8.34. The van der Waals surface area contributed by atoms with Gasteiger partial charge in [0.15, 0.2) is 0 Å². The van der Waals surface area contributed by atoms with Gasteiger partial charge in [0.1, 0.15) is 6.04 Å². The molecule has 1 unspecified atom stereocenters. The van der Waals surface area contributed by atoms with Crippen molar-refractivity contribution in [2.75, 3.05) is 32.7 Å². The van der Waals surface area contributed by atoms with Gasteiger partial charge >= 0.3 is 0 Å². The van der Waals surface area contributed by atoms with Crippen molar-refractivity contribution in [3.05, 3.63) is 0 Å². The molecule has 1 aliphatic carbocycles. The fraction of sp³-hybridized carbons (Fsp3) is 0.875. The van der Waals surface area contributed by atoms with Crippen molar-refractivity contribution in [2.24, 2.45) is 11.8 Å². The molecule has 0 aromatic rings. The molecular formula is C16H29N3O2. The molecule has 1 atom stereocenters.